The quantitative estimate of drug-likeness (QED) is 0.620. The molecule has 0 aliphatic heterocycles. The molecule has 0 fully saturated rings. The van der Waals surface area contributed by atoms with Crippen molar-refractivity contribution in [3.63, 3.8) is 0 Å². The second-order valence-corrected chi connectivity index (χ2v) is 4.93. The van der Waals surface area contributed by atoms with Crippen LogP contribution in [0.25, 0.3) is 0 Å². The molecular weight excluding hydrogens is 346 g/mol. The van der Waals surface area contributed by atoms with Crippen LogP contribution in [0.5, 0.6) is 0 Å². The number of benzene rings is 2. The van der Waals surface area contributed by atoms with Crippen LogP contribution in [-0.4, -0.2) is 18.4 Å². The molecule has 6 heteroatoms. The average molecular weight is 355 g/mol. The van der Waals surface area contributed by atoms with E-state index in [1.165, 1.54) is 0 Å². The van der Waals surface area contributed by atoms with Crippen molar-refractivity contribution >= 4 is 27.7 Å². The van der Waals surface area contributed by atoms with Crippen molar-refractivity contribution in [3.8, 4) is 0 Å². The van der Waals surface area contributed by atoms with Gasteiger partial charge < -0.3 is 4.74 Å². The lowest BCUT2D eigenvalue weighted by Crippen LogP contribution is -2.16. The van der Waals surface area contributed by atoms with Gasteiger partial charge in [0, 0.05) is 10.0 Å². The van der Waals surface area contributed by atoms with Crippen LogP contribution in [0, 0.1) is 11.6 Å². The molecule has 3 nitrogen and oxygen atoms in total. The highest BCUT2D eigenvalue weighted by Crippen LogP contribution is 2.17. The van der Waals surface area contributed by atoms with Crippen LogP contribution < -0.4 is 0 Å². The predicted octanol–water partition coefficient (Wildman–Crippen LogP) is 3.77. The topological polar surface area (TPSA) is 43.4 Å². The first-order valence-corrected chi connectivity index (χ1v) is 6.69. The Hall–Kier alpha value is -2.08. The fourth-order valence-corrected chi connectivity index (χ4v) is 2.17. The van der Waals surface area contributed by atoms with Crippen molar-refractivity contribution in [3.05, 3.63) is 69.7 Å². The number of hydrogen-bond acceptors (Lipinski definition) is 3. The molecule has 0 spiro atoms. The van der Waals surface area contributed by atoms with Crippen LogP contribution in [-0.2, 0) is 4.74 Å². The van der Waals surface area contributed by atoms with Gasteiger partial charge in [0.25, 0.3) is 0 Å². The lowest BCUT2D eigenvalue weighted by molar-refractivity contribution is 0.0465. The van der Waals surface area contributed by atoms with E-state index in [9.17, 15) is 18.4 Å². The molecule has 0 radical (unpaired) electrons. The number of hydrogen-bond donors (Lipinski definition) is 0. The lowest BCUT2D eigenvalue weighted by atomic mass is 10.1. The lowest BCUT2D eigenvalue weighted by Gasteiger charge is -2.07. The standard InChI is InChI=1S/C15H9BrF2O3/c16-10-5-2-1-4-9(10)13(19)8-21-15(20)14-11(17)6-3-7-12(14)18/h1-7H,8H2. The number of halogens is 3. The molecule has 21 heavy (non-hydrogen) atoms. The van der Waals surface area contributed by atoms with E-state index >= 15 is 0 Å². The Balaban J connectivity index is 2.08. The Morgan fingerprint density at radius 3 is 2.24 bits per heavy atom. The summed E-state index contributed by atoms with van der Waals surface area (Å²) in [6.07, 6.45) is 0. The maximum Gasteiger partial charge on any atom is 0.344 e. The average Bonchev–Trinajstić information content (AvgIpc) is 2.45. The first-order valence-electron chi connectivity index (χ1n) is 5.89. The highest BCUT2D eigenvalue weighted by atomic mass is 79.9. The number of esters is 1. The Kier molecular flexibility index (Phi) is 4.80. The van der Waals surface area contributed by atoms with E-state index < -0.39 is 35.6 Å². The number of carbonyl (C=O) groups excluding carboxylic acids is 2. The van der Waals surface area contributed by atoms with E-state index in [2.05, 4.69) is 20.7 Å². The van der Waals surface area contributed by atoms with E-state index in [0.29, 0.717) is 10.0 Å². The van der Waals surface area contributed by atoms with E-state index in [4.69, 9.17) is 0 Å². The summed E-state index contributed by atoms with van der Waals surface area (Å²) in [7, 11) is 0. The summed E-state index contributed by atoms with van der Waals surface area (Å²) in [6, 6.07) is 9.59. The van der Waals surface area contributed by atoms with Crippen LogP contribution in [0.15, 0.2) is 46.9 Å². The molecular formula is C15H9BrF2O3. The fourth-order valence-electron chi connectivity index (χ4n) is 1.66. The van der Waals surface area contributed by atoms with Gasteiger partial charge in [0.15, 0.2) is 6.61 Å². The molecule has 0 bridgehead atoms. The summed E-state index contributed by atoms with van der Waals surface area (Å²) in [5.74, 6) is -3.76. The first-order chi connectivity index (χ1) is 10.0. The third-order valence-corrected chi connectivity index (χ3v) is 3.37. The van der Waals surface area contributed by atoms with E-state index in [1.54, 1.807) is 24.3 Å². The Bertz CT molecular complexity index is 681. The molecule has 0 aliphatic rings. The summed E-state index contributed by atoms with van der Waals surface area (Å²) >= 11 is 3.19. The molecule has 2 rings (SSSR count). The highest BCUT2D eigenvalue weighted by Gasteiger charge is 2.20. The molecule has 108 valence electrons. The second-order valence-electron chi connectivity index (χ2n) is 4.08. The van der Waals surface area contributed by atoms with Gasteiger partial charge in [-0.1, -0.05) is 40.2 Å². The molecule has 0 aliphatic carbocycles. The summed E-state index contributed by atoms with van der Waals surface area (Å²) in [6.45, 7) is -0.602. The molecule has 2 aromatic rings. The molecule has 0 heterocycles. The summed E-state index contributed by atoms with van der Waals surface area (Å²) in [4.78, 5) is 23.5. The third-order valence-electron chi connectivity index (χ3n) is 2.68. The number of rotatable bonds is 4. The minimum absolute atomic E-state index is 0.319. The predicted molar refractivity (Wildman–Crippen MR) is 75.1 cm³/mol. The zero-order valence-electron chi connectivity index (χ0n) is 10.6. The van der Waals surface area contributed by atoms with Gasteiger partial charge in [-0.2, -0.15) is 0 Å². The molecule has 2 aromatic carbocycles. The molecule has 0 N–H and O–H groups in total. The molecule has 0 amide bonds. The van der Waals surface area contributed by atoms with E-state index in [-0.39, 0.29) is 0 Å². The maximum absolute atomic E-state index is 13.4. The van der Waals surface area contributed by atoms with Crippen LogP contribution >= 0.6 is 15.9 Å². The van der Waals surface area contributed by atoms with E-state index in [1.807, 2.05) is 0 Å². The van der Waals surface area contributed by atoms with Crippen molar-refractivity contribution in [2.75, 3.05) is 6.61 Å². The van der Waals surface area contributed by atoms with Gasteiger partial charge in [0.1, 0.15) is 17.2 Å². The number of Topliss-reactive ketones (excluding diaryl/α,β-unsaturated/α-hetero) is 1. The van der Waals surface area contributed by atoms with Crippen LogP contribution in [0.2, 0.25) is 0 Å². The molecule has 0 saturated carbocycles. The van der Waals surface area contributed by atoms with Crippen LogP contribution in [0.1, 0.15) is 20.7 Å². The van der Waals surface area contributed by atoms with Gasteiger partial charge in [0.05, 0.1) is 0 Å². The summed E-state index contributed by atoms with van der Waals surface area (Å²) < 4.78 is 32.0. The summed E-state index contributed by atoms with van der Waals surface area (Å²) in [5, 5.41) is 0. The second kappa shape index (κ2) is 6.58. The zero-order chi connectivity index (χ0) is 15.4. The normalized spacial score (nSPS) is 10.2. The van der Waals surface area contributed by atoms with Gasteiger partial charge in [-0.05, 0) is 18.2 Å². The Labute approximate surface area is 127 Å². The number of ether oxygens (including phenoxy) is 1. The van der Waals surface area contributed by atoms with Gasteiger partial charge in [-0.25, -0.2) is 13.6 Å². The Morgan fingerprint density at radius 1 is 1.00 bits per heavy atom. The third kappa shape index (κ3) is 3.52. The van der Waals surface area contributed by atoms with Crippen molar-refractivity contribution in [2.45, 2.75) is 0 Å². The van der Waals surface area contributed by atoms with Crippen molar-refractivity contribution < 1.29 is 23.1 Å². The van der Waals surface area contributed by atoms with Crippen LogP contribution in [0.3, 0.4) is 0 Å². The molecule has 0 unspecified atom stereocenters. The minimum Gasteiger partial charge on any atom is -0.454 e. The van der Waals surface area contributed by atoms with Crippen molar-refractivity contribution in [1.82, 2.24) is 0 Å². The minimum atomic E-state index is -1.22. The van der Waals surface area contributed by atoms with Gasteiger partial charge in [-0.15, -0.1) is 0 Å². The van der Waals surface area contributed by atoms with Crippen molar-refractivity contribution in [1.29, 1.82) is 0 Å². The first kappa shape index (κ1) is 15.3. The van der Waals surface area contributed by atoms with Gasteiger partial charge in [0.2, 0.25) is 5.78 Å². The van der Waals surface area contributed by atoms with Crippen LogP contribution in [0.4, 0.5) is 8.78 Å². The monoisotopic (exact) mass is 354 g/mol. The number of carbonyl (C=O) groups is 2. The molecule has 0 atom stereocenters. The zero-order valence-corrected chi connectivity index (χ0v) is 12.2. The van der Waals surface area contributed by atoms with Crippen molar-refractivity contribution in [2.24, 2.45) is 0 Å². The van der Waals surface area contributed by atoms with Gasteiger partial charge in [-0.3, -0.25) is 4.79 Å². The van der Waals surface area contributed by atoms with Gasteiger partial charge >= 0.3 is 5.97 Å². The summed E-state index contributed by atoms with van der Waals surface area (Å²) in [5.41, 5.74) is -0.489. The highest BCUT2D eigenvalue weighted by molar-refractivity contribution is 9.10. The largest absolute Gasteiger partial charge is 0.454 e. The maximum atomic E-state index is 13.4. The number of ketones is 1. The molecule has 0 saturated heterocycles. The fraction of sp³-hybridized carbons (Fsp3) is 0.0667. The SMILES string of the molecule is O=C(COC(=O)c1c(F)cccc1F)c1ccccc1Br. The molecule has 0 aromatic heterocycles. The van der Waals surface area contributed by atoms with E-state index in [0.717, 1.165) is 18.2 Å². The smallest absolute Gasteiger partial charge is 0.344 e. The Morgan fingerprint density at radius 2 is 1.62 bits per heavy atom.